The Bertz CT molecular complexity index is 370. The summed E-state index contributed by atoms with van der Waals surface area (Å²) in [6.45, 7) is -2.32. The van der Waals surface area contributed by atoms with Crippen LogP contribution in [0.2, 0.25) is 0 Å². The van der Waals surface area contributed by atoms with Gasteiger partial charge in [-0.3, -0.25) is 0 Å². The average Bonchev–Trinajstić information content (AvgIpc) is 2.66. The van der Waals surface area contributed by atoms with E-state index in [0.717, 1.165) is 0 Å². The number of nitrogens with zero attached hydrogens (tertiary/aromatic N) is 1. The molecule has 0 aromatic carbocycles. The summed E-state index contributed by atoms with van der Waals surface area (Å²) in [5.41, 5.74) is -0.641. The quantitative estimate of drug-likeness (QED) is 0.803. The monoisotopic (exact) mass is 293 g/mol. The van der Waals surface area contributed by atoms with Gasteiger partial charge in [-0.15, -0.1) is 0 Å². The summed E-state index contributed by atoms with van der Waals surface area (Å²) in [6.07, 6.45) is 0.390. The second-order valence-corrected chi connectivity index (χ2v) is 4.33. The smallest absolute Gasteiger partial charge is 0.346 e. The molecule has 0 amide bonds. The van der Waals surface area contributed by atoms with Gasteiger partial charge in [0, 0.05) is 13.0 Å². The van der Waals surface area contributed by atoms with Crippen LogP contribution in [-0.2, 0) is 15.1 Å². The first-order chi connectivity index (χ1) is 7.62. The van der Waals surface area contributed by atoms with Crippen LogP contribution >= 0.6 is 15.9 Å². The van der Waals surface area contributed by atoms with Crippen molar-refractivity contribution in [3.8, 4) is 0 Å². The van der Waals surface area contributed by atoms with E-state index in [4.69, 9.17) is 9.47 Å². The van der Waals surface area contributed by atoms with Crippen LogP contribution in [0.4, 0.5) is 8.78 Å². The second-order valence-electron chi connectivity index (χ2n) is 3.52. The van der Waals surface area contributed by atoms with Crippen molar-refractivity contribution in [2.24, 2.45) is 0 Å². The van der Waals surface area contributed by atoms with Crippen molar-refractivity contribution in [3.63, 3.8) is 0 Å². The van der Waals surface area contributed by atoms with E-state index in [-0.39, 0.29) is 6.61 Å². The lowest BCUT2D eigenvalue weighted by molar-refractivity contribution is -0.214. The van der Waals surface area contributed by atoms with Gasteiger partial charge in [0.1, 0.15) is 10.2 Å². The number of hydrogen-bond acceptors (Lipinski definition) is 3. The van der Waals surface area contributed by atoms with Crippen LogP contribution in [0.3, 0.4) is 0 Å². The number of alkyl halides is 2. The fourth-order valence-electron chi connectivity index (χ4n) is 1.73. The minimum atomic E-state index is -2.83. The molecule has 1 aromatic heterocycles. The molecular formula is C10H10BrF2NO2. The van der Waals surface area contributed by atoms with E-state index in [9.17, 15) is 8.78 Å². The molecule has 0 saturated carbocycles. The van der Waals surface area contributed by atoms with Gasteiger partial charge in [0.25, 0.3) is 0 Å². The number of halogens is 3. The third kappa shape index (κ3) is 2.39. The van der Waals surface area contributed by atoms with Crippen molar-refractivity contribution >= 4 is 15.9 Å². The Morgan fingerprint density at radius 2 is 2.31 bits per heavy atom. The highest BCUT2D eigenvalue weighted by atomic mass is 79.9. The molecule has 0 spiro atoms. The van der Waals surface area contributed by atoms with Crippen molar-refractivity contribution < 1.29 is 18.3 Å². The van der Waals surface area contributed by atoms with Gasteiger partial charge in [-0.25, -0.2) is 4.98 Å². The zero-order chi connectivity index (χ0) is 11.6. The molecule has 0 N–H and O–H groups in total. The van der Waals surface area contributed by atoms with Gasteiger partial charge in [-0.05, 0) is 28.1 Å². The minimum absolute atomic E-state index is 0.112. The maximum Gasteiger partial charge on any atom is 0.346 e. The molecule has 0 radical (unpaired) electrons. The highest BCUT2D eigenvalue weighted by Gasteiger charge is 2.41. The topological polar surface area (TPSA) is 31.4 Å². The Balaban J connectivity index is 2.31. The summed E-state index contributed by atoms with van der Waals surface area (Å²) < 4.78 is 35.2. The molecule has 0 aliphatic carbocycles. The molecule has 2 rings (SSSR count). The molecule has 1 fully saturated rings. The minimum Gasteiger partial charge on any atom is -0.378 e. The molecular weight excluding hydrogens is 284 g/mol. The molecule has 0 bridgehead atoms. The van der Waals surface area contributed by atoms with E-state index >= 15 is 0 Å². The molecule has 1 aliphatic heterocycles. The van der Waals surface area contributed by atoms with Crippen molar-refractivity contribution in [3.05, 3.63) is 28.5 Å². The summed E-state index contributed by atoms with van der Waals surface area (Å²) >= 11 is 3.20. The lowest BCUT2D eigenvalue weighted by Gasteiger charge is -2.26. The standard InChI is InChI=1S/C10H10BrF2NO2/c11-8-3-1-2-7(14-8)10(16-9(12)13)4-5-15-6-10/h1-3,9H,4-6H2. The zero-order valence-electron chi connectivity index (χ0n) is 8.33. The normalized spacial score (nSPS) is 25.2. The summed E-state index contributed by atoms with van der Waals surface area (Å²) in [6, 6.07) is 5.14. The van der Waals surface area contributed by atoms with Crippen LogP contribution in [-0.4, -0.2) is 24.8 Å². The van der Waals surface area contributed by atoms with Crippen LogP contribution < -0.4 is 0 Å². The molecule has 1 aromatic rings. The molecule has 88 valence electrons. The molecule has 1 saturated heterocycles. The average molecular weight is 294 g/mol. The predicted molar refractivity (Wildman–Crippen MR) is 56.1 cm³/mol. The SMILES string of the molecule is FC(F)OC1(c2cccc(Br)n2)CCOC1. The first-order valence-corrected chi connectivity index (χ1v) is 5.58. The van der Waals surface area contributed by atoms with Gasteiger partial charge in [0.15, 0.2) is 0 Å². The first-order valence-electron chi connectivity index (χ1n) is 4.79. The number of pyridine rings is 1. The molecule has 6 heteroatoms. The fraction of sp³-hybridized carbons (Fsp3) is 0.500. The van der Waals surface area contributed by atoms with Crippen LogP contribution in [0.1, 0.15) is 12.1 Å². The predicted octanol–water partition coefficient (Wildman–Crippen LogP) is 2.70. The molecule has 1 aliphatic rings. The van der Waals surface area contributed by atoms with Gasteiger partial charge in [-0.1, -0.05) is 6.07 Å². The Kier molecular flexibility index (Phi) is 3.51. The van der Waals surface area contributed by atoms with Gasteiger partial charge in [0.05, 0.1) is 12.3 Å². The molecule has 16 heavy (non-hydrogen) atoms. The summed E-state index contributed by atoms with van der Waals surface area (Å²) in [5, 5.41) is 0. The summed E-state index contributed by atoms with van der Waals surface area (Å²) in [5.74, 6) is 0. The van der Waals surface area contributed by atoms with Gasteiger partial charge in [-0.2, -0.15) is 8.78 Å². The van der Waals surface area contributed by atoms with E-state index in [1.165, 1.54) is 0 Å². The Hall–Kier alpha value is -0.590. The highest BCUT2D eigenvalue weighted by Crippen LogP contribution is 2.35. The van der Waals surface area contributed by atoms with E-state index in [1.807, 2.05) is 0 Å². The van der Waals surface area contributed by atoms with Crippen molar-refractivity contribution in [2.45, 2.75) is 18.6 Å². The molecule has 1 unspecified atom stereocenters. The number of rotatable bonds is 3. The Morgan fingerprint density at radius 1 is 1.50 bits per heavy atom. The van der Waals surface area contributed by atoms with E-state index < -0.39 is 12.2 Å². The van der Waals surface area contributed by atoms with Gasteiger partial charge >= 0.3 is 6.61 Å². The largest absolute Gasteiger partial charge is 0.378 e. The van der Waals surface area contributed by atoms with Gasteiger partial charge < -0.3 is 9.47 Å². The first kappa shape index (κ1) is 11.9. The van der Waals surface area contributed by atoms with Crippen molar-refractivity contribution in [2.75, 3.05) is 13.2 Å². The van der Waals surface area contributed by atoms with Crippen LogP contribution in [0, 0.1) is 0 Å². The molecule has 3 nitrogen and oxygen atoms in total. The zero-order valence-corrected chi connectivity index (χ0v) is 9.91. The Morgan fingerprint density at radius 3 is 2.88 bits per heavy atom. The van der Waals surface area contributed by atoms with Crippen LogP contribution in [0.5, 0.6) is 0 Å². The lowest BCUT2D eigenvalue weighted by Crippen LogP contribution is -2.33. The number of hydrogen-bond donors (Lipinski definition) is 0. The van der Waals surface area contributed by atoms with Crippen LogP contribution in [0.25, 0.3) is 0 Å². The molecule has 1 atom stereocenters. The Labute approximate surface area is 99.9 Å². The van der Waals surface area contributed by atoms with E-state index in [2.05, 4.69) is 20.9 Å². The summed E-state index contributed by atoms with van der Waals surface area (Å²) in [7, 11) is 0. The van der Waals surface area contributed by atoms with Crippen molar-refractivity contribution in [1.82, 2.24) is 4.98 Å². The maximum absolute atomic E-state index is 12.4. The van der Waals surface area contributed by atoms with Crippen molar-refractivity contribution in [1.29, 1.82) is 0 Å². The maximum atomic E-state index is 12.4. The molecule has 2 heterocycles. The van der Waals surface area contributed by atoms with E-state index in [1.54, 1.807) is 18.2 Å². The third-order valence-electron chi connectivity index (χ3n) is 2.48. The van der Waals surface area contributed by atoms with Crippen LogP contribution in [0.15, 0.2) is 22.8 Å². The van der Waals surface area contributed by atoms with Gasteiger partial charge in [0.2, 0.25) is 0 Å². The second kappa shape index (κ2) is 4.73. The third-order valence-corrected chi connectivity index (χ3v) is 2.92. The fourth-order valence-corrected chi connectivity index (χ4v) is 2.08. The number of aromatic nitrogens is 1. The number of ether oxygens (including phenoxy) is 2. The lowest BCUT2D eigenvalue weighted by atomic mass is 9.98. The highest BCUT2D eigenvalue weighted by molar-refractivity contribution is 9.10. The summed E-state index contributed by atoms with van der Waals surface area (Å²) in [4.78, 5) is 4.16. The van der Waals surface area contributed by atoms with E-state index in [0.29, 0.717) is 23.3 Å².